The normalized spacial score (nSPS) is 19.6. The molecular weight excluding hydrogens is 358 g/mol. The number of alkyl halides is 1. The Morgan fingerprint density at radius 3 is 2.79 bits per heavy atom. The van der Waals surface area contributed by atoms with Crippen molar-refractivity contribution in [2.75, 3.05) is 13.1 Å². The second kappa shape index (κ2) is 7.24. The molecule has 1 saturated heterocycles. The smallest absolute Gasteiger partial charge is 0.160 e. The summed E-state index contributed by atoms with van der Waals surface area (Å²) in [6.07, 6.45) is 7.20. The molecule has 1 atom stereocenters. The van der Waals surface area contributed by atoms with E-state index in [0.29, 0.717) is 6.04 Å². The topological polar surface area (TPSA) is 34.0 Å². The summed E-state index contributed by atoms with van der Waals surface area (Å²) in [5, 5.41) is 0. The van der Waals surface area contributed by atoms with E-state index in [1.807, 2.05) is 12.1 Å². The number of aromatic nitrogens is 3. The van der Waals surface area contributed by atoms with Gasteiger partial charge in [0, 0.05) is 36.8 Å². The molecule has 0 amide bonds. The molecule has 4 heterocycles. The fourth-order valence-electron chi connectivity index (χ4n) is 4.90. The van der Waals surface area contributed by atoms with Crippen molar-refractivity contribution in [1.82, 2.24) is 19.4 Å². The van der Waals surface area contributed by atoms with E-state index < -0.39 is 6.67 Å². The number of fused-ring (bicyclic) bond motifs is 5. The van der Waals surface area contributed by atoms with Crippen molar-refractivity contribution in [3.05, 3.63) is 58.9 Å². The second-order valence-electron chi connectivity index (χ2n) is 7.84. The monoisotopic (exact) mass is 382 g/mol. The predicted molar refractivity (Wildman–Crippen MR) is 104 cm³/mol. The molecule has 2 aliphatic heterocycles. The summed E-state index contributed by atoms with van der Waals surface area (Å²) in [4.78, 5) is 11.4. The van der Waals surface area contributed by atoms with Gasteiger partial charge >= 0.3 is 0 Å². The van der Waals surface area contributed by atoms with Crippen molar-refractivity contribution >= 4 is 11.0 Å². The molecule has 0 N–H and O–H groups in total. The van der Waals surface area contributed by atoms with Gasteiger partial charge in [-0.15, -0.1) is 0 Å². The number of benzene rings is 1. The lowest BCUT2D eigenvalue weighted by atomic mass is 9.90. The van der Waals surface area contributed by atoms with Crippen LogP contribution < -0.4 is 0 Å². The van der Waals surface area contributed by atoms with E-state index in [2.05, 4.69) is 19.4 Å². The Balaban J connectivity index is 1.57. The number of piperidine rings is 1. The van der Waals surface area contributed by atoms with E-state index in [-0.39, 0.29) is 11.6 Å². The molecule has 0 aliphatic carbocycles. The SMILES string of the molecule is FCc1ncc2c(n1)c1c(n2CCc2ccc(F)cc2)CCN2CCCCC12. The van der Waals surface area contributed by atoms with E-state index >= 15 is 0 Å². The Morgan fingerprint density at radius 1 is 1.11 bits per heavy atom. The number of aryl methyl sites for hydroxylation is 2. The van der Waals surface area contributed by atoms with Gasteiger partial charge in [-0.25, -0.2) is 18.7 Å². The maximum Gasteiger partial charge on any atom is 0.160 e. The van der Waals surface area contributed by atoms with Crippen LogP contribution in [0.25, 0.3) is 11.0 Å². The Bertz CT molecular complexity index is 996. The highest BCUT2D eigenvalue weighted by atomic mass is 19.1. The van der Waals surface area contributed by atoms with Crippen LogP contribution in [-0.2, 0) is 26.1 Å². The van der Waals surface area contributed by atoms with Crippen LogP contribution in [0.3, 0.4) is 0 Å². The van der Waals surface area contributed by atoms with Gasteiger partial charge in [-0.2, -0.15) is 0 Å². The van der Waals surface area contributed by atoms with Crippen LogP contribution >= 0.6 is 0 Å². The molecule has 1 aromatic carbocycles. The van der Waals surface area contributed by atoms with Crippen molar-refractivity contribution in [2.45, 2.75) is 51.4 Å². The number of hydrogen-bond acceptors (Lipinski definition) is 3. The first kappa shape index (κ1) is 17.7. The average molecular weight is 382 g/mol. The highest BCUT2D eigenvalue weighted by molar-refractivity contribution is 5.82. The summed E-state index contributed by atoms with van der Waals surface area (Å²) >= 11 is 0. The van der Waals surface area contributed by atoms with Crippen molar-refractivity contribution in [2.24, 2.45) is 0 Å². The summed E-state index contributed by atoms with van der Waals surface area (Å²) < 4.78 is 28.8. The summed E-state index contributed by atoms with van der Waals surface area (Å²) in [6, 6.07) is 7.08. The average Bonchev–Trinajstić information content (AvgIpc) is 3.06. The zero-order valence-corrected chi connectivity index (χ0v) is 15.9. The summed E-state index contributed by atoms with van der Waals surface area (Å²) in [5.41, 5.74) is 5.64. The van der Waals surface area contributed by atoms with E-state index in [1.165, 1.54) is 36.2 Å². The van der Waals surface area contributed by atoms with E-state index in [9.17, 15) is 8.78 Å². The molecule has 1 unspecified atom stereocenters. The maximum atomic E-state index is 13.3. The highest BCUT2D eigenvalue weighted by Crippen LogP contribution is 2.41. The molecule has 6 heteroatoms. The molecule has 3 aromatic rings. The Hall–Kier alpha value is -2.34. The summed E-state index contributed by atoms with van der Waals surface area (Å²) in [6.45, 7) is 2.35. The quantitative estimate of drug-likeness (QED) is 0.672. The van der Waals surface area contributed by atoms with Crippen molar-refractivity contribution in [3.63, 3.8) is 0 Å². The Morgan fingerprint density at radius 2 is 1.96 bits per heavy atom. The van der Waals surface area contributed by atoms with Crippen molar-refractivity contribution < 1.29 is 8.78 Å². The number of hydrogen-bond donors (Lipinski definition) is 0. The van der Waals surface area contributed by atoms with Gasteiger partial charge < -0.3 is 4.57 Å². The van der Waals surface area contributed by atoms with Gasteiger partial charge in [0.05, 0.1) is 17.2 Å². The van der Waals surface area contributed by atoms with Crippen LogP contribution in [0.2, 0.25) is 0 Å². The zero-order chi connectivity index (χ0) is 19.1. The largest absolute Gasteiger partial charge is 0.341 e. The second-order valence-corrected chi connectivity index (χ2v) is 7.84. The van der Waals surface area contributed by atoms with Crippen molar-refractivity contribution in [3.8, 4) is 0 Å². The van der Waals surface area contributed by atoms with Crippen LogP contribution in [-0.4, -0.2) is 32.5 Å². The highest BCUT2D eigenvalue weighted by Gasteiger charge is 2.34. The third-order valence-electron chi connectivity index (χ3n) is 6.24. The standard InChI is InChI=1S/C22H24F2N4/c23-13-20-25-14-19-22(26-20)21-17-3-1-2-10-27(17)11-9-18(21)28(19)12-8-15-4-6-16(24)7-5-15/h4-7,14,17H,1-3,8-13H2. The van der Waals surface area contributed by atoms with Crippen LogP contribution in [0, 0.1) is 5.82 Å². The molecule has 0 radical (unpaired) electrons. The molecule has 2 aliphatic rings. The summed E-state index contributed by atoms with van der Waals surface area (Å²) in [5.74, 6) is 0.0519. The fourth-order valence-corrected chi connectivity index (χ4v) is 4.90. The number of rotatable bonds is 4. The minimum Gasteiger partial charge on any atom is -0.341 e. The molecule has 2 aromatic heterocycles. The van der Waals surface area contributed by atoms with Gasteiger partial charge in [-0.05, 0) is 43.5 Å². The Labute approximate surface area is 163 Å². The first-order chi connectivity index (χ1) is 13.7. The molecular formula is C22H24F2N4. The van der Waals surface area contributed by atoms with Crippen LogP contribution in [0.4, 0.5) is 8.78 Å². The maximum absolute atomic E-state index is 13.3. The third kappa shape index (κ3) is 3.00. The summed E-state index contributed by atoms with van der Waals surface area (Å²) in [7, 11) is 0. The van der Waals surface area contributed by atoms with Crippen LogP contribution in [0.15, 0.2) is 30.5 Å². The molecule has 146 valence electrons. The predicted octanol–water partition coefficient (Wildman–Crippen LogP) is 4.37. The van der Waals surface area contributed by atoms with Gasteiger partial charge in [0.2, 0.25) is 0 Å². The van der Waals surface area contributed by atoms with Gasteiger partial charge in [-0.1, -0.05) is 18.6 Å². The first-order valence-electron chi connectivity index (χ1n) is 10.2. The molecule has 4 nitrogen and oxygen atoms in total. The van der Waals surface area contributed by atoms with Crippen LogP contribution in [0.1, 0.15) is 47.9 Å². The van der Waals surface area contributed by atoms with Gasteiger partial charge in [0.1, 0.15) is 12.5 Å². The third-order valence-corrected chi connectivity index (χ3v) is 6.24. The number of nitrogens with zero attached hydrogens (tertiary/aromatic N) is 4. The fraction of sp³-hybridized carbons (Fsp3) is 0.455. The van der Waals surface area contributed by atoms with Crippen molar-refractivity contribution in [1.29, 1.82) is 0 Å². The zero-order valence-electron chi connectivity index (χ0n) is 15.9. The Kier molecular flexibility index (Phi) is 4.59. The van der Waals surface area contributed by atoms with Gasteiger partial charge in [0.15, 0.2) is 5.82 Å². The van der Waals surface area contributed by atoms with E-state index in [4.69, 9.17) is 0 Å². The van der Waals surface area contributed by atoms with Gasteiger partial charge in [-0.3, -0.25) is 4.90 Å². The minimum atomic E-state index is -0.639. The van der Waals surface area contributed by atoms with E-state index in [0.717, 1.165) is 55.5 Å². The van der Waals surface area contributed by atoms with Crippen LogP contribution in [0.5, 0.6) is 0 Å². The number of halogens is 2. The molecule has 0 spiro atoms. The first-order valence-corrected chi connectivity index (χ1v) is 10.2. The lowest BCUT2D eigenvalue weighted by Gasteiger charge is -2.39. The van der Waals surface area contributed by atoms with E-state index in [1.54, 1.807) is 6.20 Å². The lowest BCUT2D eigenvalue weighted by Crippen LogP contribution is -2.39. The molecule has 1 fully saturated rings. The molecule has 28 heavy (non-hydrogen) atoms. The molecule has 5 rings (SSSR count). The molecule has 0 bridgehead atoms. The lowest BCUT2D eigenvalue weighted by molar-refractivity contribution is 0.138. The van der Waals surface area contributed by atoms with Gasteiger partial charge in [0.25, 0.3) is 0 Å². The molecule has 0 saturated carbocycles. The minimum absolute atomic E-state index is 0.211.